The summed E-state index contributed by atoms with van der Waals surface area (Å²) in [4.78, 5) is 13.0. The van der Waals surface area contributed by atoms with Gasteiger partial charge in [0.15, 0.2) is 11.9 Å². The van der Waals surface area contributed by atoms with Crippen molar-refractivity contribution in [2.24, 2.45) is 0 Å². The normalized spacial score (nSPS) is 29.4. The van der Waals surface area contributed by atoms with Gasteiger partial charge in [-0.1, -0.05) is 30.3 Å². The van der Waals surface area contributed by atoms with E-state index in [0.717, 1.165) is 5.56 Å². The van der Waals surface area contributed by atoms with Crippen LogP contribution in [0.1, 0.15) is 13.2 Å². The van der Waals surface area contributed by atoms with Gasteiger partial charge in [-0.15, -0.1) is 0 Å². The molecule has 4 atom stereocenters. The third-order valence-corrected chi connectivity index (χ3v) is 4.59. The van der Waals surface area contributed by atoms with E-state index in [-0.39, 0.29) is 0 Å². The third kappa shape index (κ3) is 2.42. The number of fused-ring (bicyclic) bond motifs is 1. The maximum Gasteiger partial charge on any atom is 0.168 e. The fourth-order valence-electron chi connectivity index (χ4n) is 3.22. The molecule has 1 aromatic carbocycles. The molecule has 3 N–H and O–H groups in total. The van der Waals surface area contributed by atoms with Crippen LogP contribution in [0.2, 0.25) is 0 Å². The van der Waals surface area contributed by atoms with Crippen molar-refractivity contribution in [2.45, 2.75) is 31.0 Å². The number of rotatable bonds is 3. The average Bonchev–Trinajstić information content (AvgIpc) is 3.15. The zero-order valence-electron chi connectivity index (χ0n) is 13.5. The molecule has 0 amide bonds. The third-order valence-electron chi connectivity index (χ3n) is 4.59. The minimum absolute atomic E-state index is 0.398. The van der Waals surface area contributed by atoms with Crippen molar-refractivity contribution in [3.63, 3.8) is 0 Å². The highest BCUT2D eigenvalue weighted by molar-refractivity contribution is 5.87. The fourth-order valence-corrected chi connectivity index (χ4v) is 3.22. The Hall–Kier alpha value is -2.39. The number of aliphatic hydroxyl groups excluding tert-OH is 2. The number of aliphatic hydroxyl groups is 3. The number of imidazole rings is 1. The topological polar surface area (TPSA) is 114 Å². The Morgan fingerprint density at radius 3 is 2.64 bits per heavy atom. The van der Waals surface area contributed by atoms with E-state index in [1.807, 2.05) is 30.3 Å². The molecule has 1 fully saturated rings. The van der Waals surface area contributed by atoms with Gasteiger partial charge in [-0.05, 0) is 6.92 Å². The maximum atomic E-state index is 10.7. The first-order chi connectivity index (χ1) is 12.0. The minimum Gasteiger partial charge on any atom is -0.394 e. The first kappa shape index (κ1) is 16.1. The molecule has 130 valence electrons. The van der Waals surface area contributed by atoms with Gasteiger partial charge in [-0.3, -0.25) is 4.57 Å². The smallest absolute Gasteiger partial charge is 0.168 e. The number of nitrogens with zero attached hydrogens (tertiary/aromatic N) is 4. The summed E-state index contributed by atoms with van der Waals surface area (Å²) < 4.78 is 7.21. The van der Waals surface area contributed by atoms with Crippen LogP contribution in [-0.2, 0) is 4.74 Å². The molecule has 0 saturated carbocycles. The lowest BCUT2D eigenvalue weighted by atomic mass is 9.96. The van der Waals surface area contributed by atoms with Gasteiger partial charge in [0.05, 0.1) is 12.9 Å². The van der Waals surface area contributed by atoms with E-state index in [9.17, 15) is 15.3 Å². The summed E-state index contributed by atoms with van der Waals surface area (Å²) >= 11 is 0. The molecular weight excluding hydrogens is 324 g/mol. The first-order valence-electron chi connectivity index (χ1n) is 7.93. The highest BCUT2D eigenvalue weighted by Crippen LogP contribution is 2.39. The van der Waals surface area contributed by atoms with Crippen LogP contribution >= 0.6 is 0 Å². The molecule has 8 heteroatoms. The van der Waals surface area contributed by atoms with Crippen LogP contribution in [0, 0.1) is 0 Å². The van der Waals surface area contributed by atoms with E-state index < -0.39 is 30.6 Å². The standard InChI is InChI=1S/C17H18N4O4/c1-17(24)14(23)11(7-22)25-16(17)21-9-20-13-12(18-8-19-15(13)21)10-5-3-2-4-6-10/h2-6,8-9,11,14,16,22-24H,7H2,1H3/t11?,14-,16?,17-/m1/s1. The number of hydrogen-bond donors (Lipinski definition) is 3. The van der Waals surface area contributed by atoms with Gasteiger partial charge in [0.1, 0.15) is 35.3 Å². The van der Waals surface area contributed by atoms with Crippen LogP contribution < -0.4 is 0 Å². The lowest BCUT2D eigenvalue weighted by molar-refractivity contribution is -0.0950. The van der Waals surface area contributed by atoms with Crippen molar-refractivity contribution in [2.75, 3.05) is 6.61 Å². The molecule has 1 saturated heterocycles. The number of benzene rings is 1. The Morgan fingerprint density at radius 1 is 1.20 bits per heavy atom. The summed E-state index contributed by atoms with van der Waals surface area (Å²) in [5, 5.41) is 30.2. The summed E-state index contributed by atoms with van der Waals surface area (Å²) in [6.45, 7) is 1.06. The second kappa shape index (κ2) is 5.85. The summed E-state index contributed by atoms with van der Waals surface area (Å²) in [5.41, 5.74) is 1.01. The van der Waals surface area contributed by atoms with Gasteiger partial charge in [0.2, 0.25) is 0 Å². The molecule has 0 bridgehead atoms. The summed E-state index contributed by atoms with van der Waals surface area (Å²) in [6.07, 6.45) is -0.115. The monoisotopic (exact) mass is 342 g/mol. The number of hydrogen-bond acceptors (Lipinski definition) is 7. The molecule has 1 aliphatic heterocycles. The van der Waals surface area contributed by atoms with E-state index in [1.165, 1.54) is 19.6 Å². The Balaban J connectivity index is 1.83. The predicted molar refractivity (Wildman–Crippen MR) is 88.4 cm³/mol. The van der Waals surface area contributed by atoms with Crippen molar-refractivity contribution in [3.8, 4) is 11.3 Å². The molecule has 4 rings (SSSR count). The molecule has 0 radical (unpaired) electrons. The number of ether oxygens (including phenoxy) is 1. The van der Waals surface area contributed by atoms with Crippen molar-refractivity contribution in [3.05, 3.63) is 43.0 Å². The molecule has 25 heavy (non-hydrogen) atoms. The van der Waals surface area contributed by atoms with Gasteiger partial charge in [-0.25, -0.2) is 15.0 Å². The molecule has 0 spiro atoms. The first-order valence-corrected chi connectivity index (χ1v) is 7.93. The Kier molecular flexibility index (Phi) is 3.77. The Bertz CT molecular complexity index is 896. The molecule has 3 heterocycles. The van der Waals surface area contributed by atoms with Crippen molar-refractivity contribution >= 4 is 11.2 Å². The molecule has 2 unspecified atom stereocenters. The van der Waals surface area contributed by atoms with Gasteiger partial charge in [0, 0.05) is 5.56 Å². The summed E-state index contributed by atoms with van der Waals surface area (Å²) in [6, 6.07) is 9.59. The zero-order valence-corrected chi connectivity index (χ0v) is 13.5. The van der Waals surface area contributed by atoms with Crippen LogP contribution in [0.15, 0.2) is 43.0 Å². The van der Waals surface area contributed by atoms with Gasteiger partial charge in [-0.2, -0.15) is 0 Å². The van der Waals surface area contributed by atoms with E-state index in [4.69, 9.17) is 4.74 Å². The zero-order chi connectivity index (χ0) is 17.6. The van der Waals surface area contributed by atoms with Gasteiger partial charge < -0.3 is 20.1 Å². The van der Waals surface area contributed by atoms with E-state index in [2.05, 4.69) is 15.0 Å². The molecular formula is C17H18N4O4. The molecule has 3 aromatic rings. The van der Waals surface area contributed by atoms with Crippen molar-refractivity contribution in [1.29, 1.82) is 0 Å². The number of aromatic nitrogens is 4. The van der Waals surface area contributed by atoms with Crippen molar-refractivity contribution in [1.82, 2.24) is 19.5 Å². The van der Waals surface area contributed by atoms with Crippen LogP contribution in [-0.4, -0.2) is 59.3 Å². The van der Waals surface area contributed by atoms with E-state index >= 15 is 0 Å². The van der Waals surface area contributed by atoms with Gasteiger partial charge in [0.25, 0.3) is 0 Å². The lowest BCUT2D eigenvalue weighted by Crippen LogP contribution is -2.44. The highest BCUT2D eigenvalue weighted by Gasteiger charge is 2.53. The largest absolute Gasteiger partial charge is 0.394 e. The second-order valence-corrected chi connectivity index (χ2v) is 6.29. The Labute approximate surface area is 143 Å². The molecule has 8 nitrogen and oxygen atoms in total. The second-order valence-electron chi connectivity index (χ2n) is 6.29. The summed E-state index contributed by atoms with van der Waals surface area (Å²) in [5.74, 6) is 0. The Morgan fingerprint density at radius 2 is 1.96 bits per heavy atom. The maximum absolute atomic E-state index is 10.7. The van der Waals surface area contributed by atoms with Crippen molar-refractivity contribution < 1.29 is 20.1 Å². The molecule has 1 aliphatic rings. The fraction of sp³-hybridized carbons (Fsp3) is 0.353. The van der Waals surface area contributed by atoms with Crippen LogP contribution in [0.25, 0.3) is 22.4 Å². The van der Waals surface area contributed by atoms with E-state index in [1.54, 1.807) is 4.57 Å². The lowest BCUT2D eigenvalue weighted by Gasteiger charge is -2.27. The highest BCUT2D eigenvalue weighted by atomic mass is 16.6. The predicted octanol–water partition coefficient (Wildman–Crippen LogP) is 0.495. The molecule has 2 aromatic heterocycles. The van der Waals surface area contributed by atoms with Gasteiger partial charge >= 0.3 is 0 Å². The van der Waals surface area contributed by atoms with E-state index in [0.29, 0.717) is 16.9 Å². The SMILES string of the molecule is C[C@]1(O)C(n2cnc3c(-c4ccccc4)ncnc32)OC(CO)[C@H]1O. The summed E-state index contributed by atoms with van der Waals surface area (Å²) in [7, 11) is 0. The van der Waals surface area contributed by atoms with Crippen LogP contribution in [0.4, 0.5) is 0 Å². The minimum atomic E-state index is -1.60. The van der Waals surface area contributed by atoms with Crippen LogP contribution in [0.5, 0.6) is 0 Å². The molecule has 0 aliphatic carbocycles. The average molecular weight is 342 g/mol. The van der Waals surface area contributed by atoms with Crippen LogP contribution in [0.3, 0.4) is 0 Å². The quantitative estimate of drug-likeness (QED) is 0.635.